The van der Waals surface area contributed by atoms with Crippen molar-refractivity contribution in [2.24, 2.45) is 11.8 Å². The van der Waals surface area contributed by atoms with Gasteiger partial charge in [-0.25, -0.2) is 0 Å². The third-order valence-electron chi connectivity index (χ3n) is 2.99. The molecule has 0 amide bonds. The zero-order valence-electron chi connectivity index (χ0n) is 9.09. The van der Waals surface area contributed by atoms with Gasteiger partial charge < -0.3 is 0 Å². The molecular formula is C11H22ClN. The molecule has 0 aromatic carbocycles. The van der Waals surface area contributed by atoms with Gasteiger partial charge in [0.1, 0.15) is 0 Å². The van der Waals surface area contributed by atoms with Crippen molar-refractivity contribution >= 4 is 11.6 Å². The van der Waals surface area contributed by atoms with Gasteiger partial charge in [-0.1, -0.05) is 20.8 Å². The molecular weight excluding hydrogens is 182 g/mol. The number of hydrogen-bond acceptors (Lipinski definition) is 1. The van der Waals surface area contributed by atoms with Crippen LogP contribution in [-0.2, 0) is 0 Å². The Balaban J connectivity index is 2.39. The van der Waals surface area contributed by atoms with Gasteiger partial charge in [-0.15, -0.1) is 11.6 Å². The van der Waals surface area contributed by atoms with Crippen LogP contribution in [0.15, 0.2) is 0 Å². The van der Waals surface area contributed by atoms with Gasteiger partial charge in [0.05, 0.1) is 0 Å². The molecule has 1 rings (SSSR count). The number of rotatable bonds is 4. The molecule has 0 aliphatic carbocycles. The highest BCUT2D eigenvalue weighted by Crippen LogP contribution is 2.24. The van der Waals surface area contributed by atoms with E-state index < -0.39 is 0 Å². The summed E-state index contributed by atoms with van der Waals surface area (Å²) in [6.45, 7) is 9.36. The minimum absolute atomic E-state index is 0.640. The second-order valence-corrected chi connectivity index (χ2v) is 5.02. The molecule has 1 aliphatic heterocycles. The molecule has 0 saturated carbocycles. The third-order valence-corrected chi connectivity index (χ3v) is 3.52. The Morgan fingerprint density at radius 1 is 1.38 bits per heavy atom. The molecule has 0 N–H and O–H groups in total. The normalized spacial score (nSPS) is 27.0. The van der Waals surface area contributed by atoms with Crippen molar-refractivity contribution in [3.05, 3.63) is 0 Å². The standard InChI is InChI=1S/C11H22ClN/c1-9(2)11-5-4-6-13(11)8-10(3)7-12/h9-11H,4-8H2,1-3H3. The van der Waals surface area contributed by atoms with Crippen LogP contribution in [0.4, 0.5) is 0 Å². The molecule has 1 saturated heterocycles. The molecule has 2 atom stereocenters. The fourth-order valence-electron chi connectivity index (χ4n) is 2.28. The van der Waals surface area contributed by atoms with Crippen LogP contribution in [0.2, 0.25) is 0 Å². The molecule has 78 valence electrons. The number of halogens is 1. The Bertz CT molecular complexity index is 147. The van der Waals surface area contributed by atoms with Crippen LogP contribution in [-0.4, -0.2) is 29.9 Å². The lowest BCUT2D eigenvalue weighted by atomic mass is 10.0. The number of likely N-dealkylation sites (tertiary alicyclic amines) is 1. The lowest BCUT2D eigenvalue weighted by Crippen LogP contribution is -2.36. The van der Waals surface area contributed by atoms with E-state index in [1.165, 1.54) is 25.9 Å². The molecule has 0 aromatic rings. The van der Waals surface area contributed by atoms with E-state index in [2.05, 4.69) is 25.7 Å². The minimum Gasteiger partial charge on any atom is -0.300 e. The molecule has 0 bridgehead atoms. The Morgan fingerprint density at radius 2 is 2.08 bits per heavy atom. The van der Waals surface area contributed by atoms with Gasteiger partial charge in [0.15, 0.2) is 0 Å². The average molecular weight is 204 g/mol. The largest absolute Gasteiger partial charge is 0.300 e. The zero-order valence-corrected chi connectivity index (χ0v) is 9.85. The smallest absolute Gasteiger partial charge is 0.0261 e. The maximum absolute atomic E-state index is 5.83. The molecule has 1 nitrogen and oxygen atoms in total. The minimum atomic E-state index is 0.640. The van der Waals surface area contributed by atoms with Crippen LogP contribution in [0, 0.1) is 11.8 Å². The van der Waals surface area contributed by atoms with Gasteiger partial charge in [0.25, 0.3) is 0 Å². The SMILES string of the molecule is CC(CCl)CN1CCCC1C(C)C. The highest BCUT2D eigenvalue weighted by molar-refractivity contribution is 6.18. The van der Waals surface area contributed by atoms with E-state index in [0.717, 1.165) is 17.8 Å². The molecule has 2 unspecified atom stereocenters. The van der Waals surface area contributed by atoms with Gasteiger partial charge in [0.2, 0.25) is 0 Å². The molecule has 1 heterocycles. The van der Waals surface area contributed by atoms with E-state index in [1.807, 2.05) is 0 Å². The molecule has 0 aromatic heterocycles. The van der Waals surface area contributed by atoms with Crippen LogP contribution in [0.1, 0.15) is 33.6 Å². The van der Waals surface area contributed by atoms with Crippen molar-refractivity contribution in [3.63, 3.8) is 0 Å². The van der Waals surface area contributed by atoms with Crippen molar-refractivity contribution < 1.29 is 0 Å². The Labute approximate surface area is 87.4 Å². The Morgan fingerprint density at radius 3 is 2.62 bits per heavy atom. The molecule has 1 aliphatic rings. The summed E-state index contributed by atoms with van der Waals surface area (Å²) < 4.78 is 0. The Hall–Kier alpha value is 0.250. The first-order valence-corrected chi connectivity index (χ1v) is 5.98. The maximum Gasteiger partial charge on any atom is 0.0261 e. The highest BCUT2D eigenvalue weighted by atomic mass is 35.5. The van der Waals surface area contributed by atoms with Crippen molar-refractivity contribution in [2.45, 2.75) is 39.7 Å². The van der Waals surface area contributed by atoms with Gasteiger partial charge in [-0.2, -0.15) is 0 Å². The van der Waals surface area contributed by atoms with Gasteiger partial charge >= 0.3 is 0 Å². The summed E-state index contributed by atoms with van der Waals surface area (Å²) in [4.78, 5) is 2.62. The monoisotopic (exact) mass is 203 g/mol. The first-order valence-electron chi connectivity index (χ1n) is 5.45. The van der Waals surface area contributed by atoms with Gasteiger partial charge in [0, 0.05) is 18.5 Å². The fourth-order valence-corrected chi connectivity index (χ4v) is 2.38. The van der Waals surface area contributed by atoms with Crippen LogP contribution in [0.3, 0.4) is 0 Å². The molecule has 0 spiro atoms. The van der Waals surface area contributed by atoms with E-state index in [1.54, 1.807) is 0 Å². The maximum atomic E-state index is 5.83. The quantitative estimate of drug-likeness (QED) is 0.636. The summed E-state index contributed by atoms with van der Waals surface area (Å²) >= 11 is 5.83. The molecule has 13 heavy (non-hydrogen) atoms. The predicted molar refractivity (Wildman–Crippen MR) is 59.3 cm³/mol. The Kier molecular flexibility index (Phi) is 4.54. The second-order valence-electron chi connectivity index (χ2n) is 4.71. The average Bonchev–Trinajstić information content (AvgIpc) is 2.52. The number of nitrogens with zero attached hydrogens (tertiary/aromatic N) is 1. The van der Waals surface area contributed by atoms with E-state index >= 15 is 0 Å². The summed E-state index contributed by atoms with van der Waals surface area (Å²) in [5.74, 6) is 2.23. The van der Waals surface area contributed by atoms with Crippen molar-refractivity contribution in [3.8, 4) is 0 Å². The van der Waals surface area contributed by atoms with Crippen molar-refractivity contribution in [1.82, 2.24) is 4.90 Å². The fraction of sp³-hybridized carbons (Fsp3) is 1.00. The van der Waals surface area contributed by atoms with E-state index in [0.29, 0.717) is 5.92 Å². The van der Waals surface area contributed by atoms with E-state index in [9.17, 15) is 0 Å². The lowest BCUT2D eigenvalue weighted by molar-refractivity contribution is 0.187. The van der Waals surface area contributed by atoms with Crippen LogP contribution in [0.5, 0.6) is 0 Å². The first-order chi connectivity index (χ1) is 6.15. The van der Waals surface area contributed by atoms with Gasteiger partial charge in [-0.3, -0.25) is 4.90 Å². The van der Waals surface area contributed by atoms with Crippen molar-refractivity contribution in [1.29, 1.82) is 0 Å². The molecule has 2 heteroatoms. The van der Waals surface area contributed by atoms with Crippen LogP contribution >= 0.6 is 11.6 Å². The lowest BCUT2D eigenvalue weighted by Gasteiger charge is -2.29. The molecule has 0 radical (unpaired) electrons. The van der Waals surface area contributed by atoms with Gasteiger partial charge in [-0.05, 0) is 31.2 Å². The summed E-state index contributed by atoms with van der Waals surface area (Å²) in [7, 11) is 0. The second kappa shape index (κ2) is 5.21. The first kappa shape index (κ1) is 11.3. The number of hydrogen-bond donors (Lipinski definition) is 0. The van der Waals surface area contributed by atoms with E-state index in [4.69, 9.17) is 11.6 Å². The van der Waals surface area contributed by atoms with Crippen LogP contribution in [0.25, 0.3) is 0 Å². The molecule has 1 fully saturated rings. The summed E-state index contributed by atoms with van der Waals surface area (Å²) in [5.41, 5.74) is 0. The topological polar surface area (TPSA) is 3.24 Å². The summed E-state index contributed by atoms with van der Waals surface area (Å²) in [6.07, 6.45) is 2.75. The van der Waals surface area contributed by atoms with Crippen LogP contribution < -0.4 is 0 Å². The summed E-state index contributed by atoms with van der Waals surface area (Å²) in [5, 5.41) is 0. The number of alkyl halides is 1. The van der Waals surface area contributed by atoms with Crippen molar-refractivity contribution in [2.75, 3.05) is 19.0 Å². The predicted octanol–water partition coefficient (Wildman–Crippen LogP) is 2.98. The highest BCUT2D eigenvalue weighted by Gasteiger charge is 2.27. The zero-order chi connectivity index (χ0) is 9.84. The van der Waals surface area contributed by atoms with E-state index in [-0.39, 0.29) is 0 Å². The summed E-state index contributed by atoms with van der Waals surface area (Å²) in [6, 6.07) is 0.811. The third kappa shape index (κ3) is 3.14.